The van der Waals surface area contributed by atoms with Crippen molar-refractivity contribution in [1.29, 1.82) is 0 Å². The van der Waals surface area contributed by atoms with E-state index in [1.54, 1.807) is 0 Å². The van der Waals surface area contributed by atoms with Crippen LogP contribution in [0, 0.1) is 0 Å². The maximum absolute atomic E-state index is 12.9. The fraction of sp³-hybridized carbons (Fsp3) is 0.722. The van der Waals surface area contributed by atoms with E-state index in [2.05, 4.69) is 123 Å². The molecule has 0 aromatic heterocycles. The van der Waals surface area contributed by atoms with Crippen LogP contribution in [0.25, 0.3) is 0 Å². The topological polar surface area (TPSA) is 108 Å². The third-order valence-electron chi connectivity index (χ3n) is 14.3. The Bertz CT molecular complexity index is 1750. The van der Waals surface area contributed by atoms with E-state index in [0.29, 0.717) is 17.4 Å². The molecule has 0 radical (unpaired) electrons. The first-order chi connectivity index (χ1) is 40.0. The zero-order valence-corrected chi connectivity index (χ0v) is 54.6. The zero-order valence-electron chi connectivity index (χ0n) is 53.7. The molecule has 0 aliphatic carbocycles. The Balaban J connectivity index is 4.12. The third kappa shape index (κ3) is 65.8. The van der Waals surface area contributed by atoms with Gasteiger partial charge in [-0.25, -0.2) is 4.57 Å². The van der Waals surface area contributed by atoms with Crippen LogP contribution in [0.3, 0.4) is 0 Å². The van der Waals surface area contributed by atoms with Gasteiger partial charge in [-0.1, -0.05) is 277 Å². The Morgan fingerprint density at radius 1 is 0.390 bits per heavy atom. The van der Waals surface area contributed by atoms with Crippen molar-refractivity contribution >= 4 is 19.8 Å². The summed E-state index contributed by atoms with van der Waals surface area (Å²) in [5.41, 5.74) is 0. The van der Waals surface area contributed by atoms with Crippen LogP contribution >= 0.6 is 7.82 Å². The molecule has 0 fully saturated rings. The summed E-state index contributed by atoms with van der Waals surface area (Å²) in [7, 11) is 1.46. The van der Waals surface area contributed by atoms with E-state index in [9.17, 15) is 19.0 Å². The quantitative estimate of drug-likeness (QED) is 0.0211. The molecular weight excluding hydrogens is 1040 g/mol. The minimum atomic E-state index is -4.40. The molecule has 0 saturated heterocycles. The molecule has 0 aromatic rings. The van der Waals surface area contributed by atoms with Crippen molar-refractivity contribution in [2.75, 3.05) is 47.5 Å². The van der Waals surface area contributed by atoms with Gasteiger partial charge in [-0.2, -0.15) is 0 Å². The van der Waals surface area contributed by atoms with Gasteiger partial charge in [0, 0.05) is 12.8 Å². The summed E-state index contributed by atoms with van der Waals surface area (Å²) in [6, 6.07) is 0. The number of esters is 2. The van der Waals surface area contributed by atoms with E-state index < -0.39 is 26.5 Å². The number of allylic oxidation sites excluding steroid dienone is 18. The van der Waals surface area contributed by atoms with Gasteiger partial charge < -0.3 is 18.9 Å². The first kappa shape index (κ1) is 78.7. The van der Waals surface area contributed by atoms with E-state index in [-0.39, 0.29) is 32.0 Å². The molecule has 0 rings (SSSR count). The molecule has 0 heterocycles. The normalized spacial score (nSPS) is 13.9. The molecule has 0 aliphatic heterocycles. The summed E-state index contributed by atoms with van der Waals surface area (Å²) in [5.74, 6) is -0.808. The van der Waals surface area contributed by atoms with E-state index in [0.717, 1.165) is 96.3 Å². The van der Waals surface area contributed by atoms with Gasteiger partial charge in [0.05, 0.1) is 27.7 Å². The largest absolute Gasteiger partial charge is 0.472 e. The lowest BCUT2D eigenvalue weighted by molar-refractivity contribution is -0.870. The van der Waals surface area contributed by atoms with Crippen LogP contribution in [-0.2, 0) is 32.7 Å². The highest BCUT2D eigenvalue weighted by molar-refractivity contribution is 7.47. The van der Waals surface area contributed by atoms with Crippen molar-refractivity contribution in [3.63, 3.8) is 0 Å². The summed E-state index contributed by atoms with van der Waals surface area (Å²) in [6.45, 7) is 4.31. The molecule has 0 aromatic carbocycles. The van der Waals surface area contributed by atoms with Gasteiger partial charge in [-0.3, -0.25) is 18.6 Å². The fourth-order valence-electron chi connectivity index (χ4n) is 9.15. The standard InChI is InChI=1S/C72H126NO8P/c1-6-8-10-12-14-16-18-20-22-24-26-28-30-32-34-36-38-40-42-44-46-48-50-52-54-56-58-60-62-64-71(74)78-68-70(69-80-82(76,77)79-67-66-73(3,4)5)81-72(75)65-63-61-59-57-55-53-51-49-47-45-43-41-39-37-35-33-31-29-27-25-23-21-19-17-15-13-11-9-7-2/h9,11,15,17-18,20-21,23-24,26-27,29,33,35,39,41,45,47,70H,6-8,10,12-14,16,19,22,25,28,30-32,34,36-38,40,42-44,46,48-69H2,1-5H3/p+1/b11-9-,17-15-,20-18-,23-21-,26-24-,29-27-,35-33-,41-39-,47-45-. The number of ether oxygens (including phenoxy) is 2. The number of phosphoric acid groups is 1. The number of likely N-dealkylation sites (N-methyl/N-ethyl adjacent to an activating group) is 1. The number of carbonyl (C=O) groups excluding carboxylic acids is 2. The second kappa shape index (κ2) is 62.2. The van der Waals surface area contributed by atoms with E-state index in [1.165, 1.54) is 154 Å². The average Bonchev–Trinajstić information content (AvgIpc) is 3.45. The maximum Gasteiger partial charge on any atom is 0.472 e. The summed E-state index contributed by atoms with van der Waals surface area (Å²) in [5, 5.41) is 0. The van der Waals surface area contributed by atoms with Crippen LogP contribution in [-0.4, -0.2) is 74.9 Å². The molecule has 2 unspecified atom stereocenters. The molecule has 1 N–H and O–H groups in total. The van der Waals surface area contributed by atoms with Crippen LogP contribution in [0.4, 0.5) is 0 Å². The Kier molecular flexibility index (Phi) is 59.7. The van der Waals surface area contributed by atoms with Gasteiger partial charge in [0.2, 0.25) is 0 Å². The van der Waals surface area contributed by atoms with Gasteiger partial charge in [-0.15, -0.1) is 0 Å². The molecule has 0 saturated carbocycles. The minimum Gasteiger partial charge on any atom is -0.462 e. The summed E-state index contributed by atoms with van der Waals surface area (Å²) in [6.07, 6.45) is 87.5. The van der Waals surface area contributed by atoms with Crippen LogP contribution in [0.15, 0.2) is 109 Å². The van der Waals surface area contributed by atoms with Gasteiger partial charge in [0.1, 0.15) is 19.8 Å². The number of quaternary nitrogens is 1. The van der Waals surface area contributed by atoms with Gasteiger partial charge in [0.25, 0.3) is 0 Å². The third-order valence-corrected chi connectivity index (χ3v) is 15.3. The summed E-state index contributed by atoms with van der Waals surface area (Å²) in [4.78, 5) is 35.8. The molecule has 9 nitrogen and oxygen atoms in total. The van der Waals surface area contributed by atoms with Gasteiger partial charge >= 0.3 is 19.8 Å². The van der Waals surface area contributed by atoms with Crippen LogP contribution in [0.1, 0.15) is 284 Å². The smallest absolute Gasteiger partial charge is 0.462 e. The van der Waals surface area contributed by atoms with Gasteiger partial charge in [-0.05, 0) is 103 Å². The van der Waals surface area contributed by atoms with Gasteiger partial charge in [0.15, 0.2) is 6.10 Å². The van der Waals surface area contributed by atoms with Crippen molar-refractivity contribution in [3.8, 4) is 0 Å². The summed E-state index contributed by atoms with van der Waals surface area (Å²) >= 11 is 0. The average molecular weight is 1170 g/mol. The number of nitrogens with zero attached hydrogens (tertiary/aromatic N) is 1. The number of hydrogen-bond acceptors (Lipinski definition) is 7. The van der Waals surface area contributed by atoms with Crippen molar-refractivity contribution in [2.45, 2.75) is 290 Å². The Morgan fingerprint density at radius 2 is 0.695 bits per heavy atom. The number of carbonyl (C=O) groups is 2. The molecular formula is C72H127NO8P+. The second-order valence-electron chi connectivity index (χ2n) is 23.5. The van der Waals surface area contributed by atoms with Crippen molar-refractivity contribution in [3.05, 3.63) is 109 Å². The monoisotopic (exact) mass is 1160 g/mol. The van der Waals surface area contributed by atoms with Crippen molar-refractivity contribution in [1.82, 2.24) is 0 Å². The molecule has 0 amide bonds. The highest BCUT2D eigenvalue weighted by atomic mass is 31.2. The van der Waals surface area contributed by atoms with Crippen molar-refractivity contribution < 1.29 is 42.1 Å². The predicted octanol–water partition coefficient (Wildman–Crippen LogP) is 21.7. The lowest BCUT2D eigenvalue weighted by atomic mass is 10.0. The zero-order chi connectivity index (χ0) is 59.8. The number of phosphoric ester groups is 1. The SMILES string of the molecule is CC/C=C\C/C=C\C/C=C\C/C=C\C/C=C\C/C=C\C/C=C\CCCCCCCCCC(=O)OC(COC(=O)CCCCCCCCCCCCCCCCCCC/C=C\C/C=C\CCCCCCC)COP(=O)(O)OCC[N+](C)(C)C. The molecule has 2 atom stereocenters. The fourth-order valence-corrected chi connectivity index (χ4v) is 9.89. The summed E-state index contributed by atoms with van der Waals surface area (Å²) < 4.78 is 34.7. The minimum absolute atomic E-state index is 0.0249. The Hall–Kier alpha value is -3.33. The predicted molar refractivity (Wildman–Crippen MR) is 353 cm³/mol. The first-order valence-electron chi connectivity index (χ1n) is 33.6. The number of rotatable bonds is 61. The first-order valence-corrected chi connectivity index (χ1v) is 35.1. The van der Waals surface area contributed by atoms with E-state index >= 15 is 0 Å². The van der Waals surface area contributed by atoms with Crippen LogP contribution in [0.5, 0.6) is 0 Å². The van der Waals surface area contributed by atoms with Crippen LogP contribution in [0.2, 0.25) is 0 Å². The molecule has 0 bridgehead atoms. The Morgan fingerprint density at radius 3 is 1.04 bits per heavy atom. The number of hydrogen-bond donors (Lipinski definition) is 1. The molecule has 10 heteroatoms. The highest BCUT2D eigenvalue weighted by Gasteiger charge is 2.27. The van der Waals surface area contributed by atoms with Crippen LogP contribution < -0.4 is 0 Å². The van der Waals surface area contributed by atoms with E-state index in [1.807, 2.05) is 21.1 Å². The van der Waals surface area contributed by atoms with Crippen molar-refractivity contribution in [2.24, 2.45) is 0 Å². The molecule has 0 spiro atoms. The van der Waals surface area contributed by atoms with E-state index in [4.69, 9.17) is 18.5 Å². The maximum atomic E-state index is 12.9. The molecule has 82 heavy (non-hydrogen) atoms. The number of unbranched alkanes of at least 4 members (excludes halogenated alkanes) is 29. The lowest BCUT2D eigenvalue weighted by Gasteiger charge is -2.24. The second-order valence-corrected chi connectivity index (χ2v) is 24.9. The highest BCUT2D eigenvalue weighted by Crippen LogP contribution is 2.43. The lowest BCUT2D eigenvalue weighted by Crippen LogP contribution is -2.37. The molecule has 0 aliphatic rings. The Labute approximate surface area is 506 Å². The molecule has 472 valence electrons.